The van der Waals surface area contributed by atoms with Crippen molar-refractivity contribution in [1.29, 1.82) is 0 Å². The number of guanidine groups is 1. The number of rotatable bonds is 6. The highest BCUT2D eigenvalue weighted by atomic mass is 32.1. The van der Waals surface area contributed by atoms with Gasteiger partial charge in [0.1, 0.15) is 11.9 Å². The second-order valence-electron chi connectivity index (χ2n) is 4.63. The summed E-state index contributed by atoms with van der Waals surface area (Å²) in [5, 5.41) is 18.6. The highest BCUT2D eigenvalue weighted by Gasteiger charge is 2.12. The summed E-state index contributed by atoms with van der Waals surface area (Å²) in [6, 6.07) is 7.79. The highest BCUT2D eigenvalue weighted by molar-refractivity contribution is 7.10. The topological polar surface area (TPSA) is 69.8 Å². The molecule has 0 amide bonds. The van der Waals surface area contributed by atoms with Gasteiger partial charge in [-0.2, -0.15) is 0 Å². The first kappa shape index (κ1) is 15.6. The molecule has 0 saturated heterocycles. The van der Waals surface area contributed by atoms with Crippen LogP contribution in [0.25, 0.3) is 0 Å². The van der Waals surface area contributed by atoms with Crippen molar-refractivity contribution in [2.75, 3.05) is 13.1 Å². The minimum absolute atomic E-state index is 0.170. The van der Waals surface area contributed by atoms with Gasteiger partial charge in [-0.25, -0.2) is 0 Å². The first-order valence-corrected chi connectivity index (χ1v) is 7.88. The first-order chi connectivity index (χ1) is 10.2. The third kappa shape index (κ3) is 4.61. The molecule has 114 valence electrons. The summed E-state index contributed by atoms with van der Waals surface area (Å²) in [7, 11) is 0. The zero-order valence-electron chi connectivity index (χ0n) is 12.2. The van der Waals surface area contributed by atoms with Crippen LogP contribution >= 0.6 is 11.3 Å². The molecule has 21 heavy (non-hydrogen) atoms. The average molecular weight is 307 g/mol. The van der Waals surface area contributed by atoms with Crippen molar-refractivity contribution in [3.8, 4) is 0 Å². The Bertz CT molecular complexity index is 537. The van der Waals surface area contributed by atoms with E-state index in [1.165, 1.54) is 4.88 Å². The number of hydrogen-bond donors (Lipinski definition) is 3. The molecule has 0 radical (unpaired) electrons. The van der Waals surface area contributed by atoms with E-state index in [2.05, 4.69) is 34.0 Å². The van der Waals surface area contributed by atoms with E-state index < -0.39 is 6.10 Å². The van der Waals surface area contributed by atoms with Crippen molar-refractivity contribution in [3.05, 3.63) is 46.5 Å². The summed E-state index contributed by atoms with van der Waals surface area (Å²) in [5.41, 5.74) is 0. The molecule has 0 aliphatic heterocycles. The molecule has 0 fully saturated rings. The molecular weight excluding hydrogens is 286 g/mol. The van der Waals surface area contributed by atoms with E-state index in [9.17, 15) is 5.11 Å². The number of aliphatic hydroxyl groups excluding tert-OH is 1. The van der Waals surface area contributed by atoms with E-state index in [1.807, 2.05) is 13.0 Å². The number of aliphatic hydroxyl groups is 1. The minimum Gasteiger partial charge on any atom is -0.467 e. The van der Waals surface area contributed by atoms with Gasteiger partial charge in [-0.3, -0.25) is 4.99 Å². The second kappa shape index (κ2) is 7.85. The highest BCUT2D eigenvalue weighted by Crippen LogP contribution is 2.18. The second-order valence-corrected chi connectivity index (χ2v) is 5.61. The molecule has 0 saturated carbocycles. The Morgan fingerprint density at radius 3 is 2.90 bits per heavy atom. The summed E-state index contributed by atoms with van der Waals surface area (Å²) in [6.45, 7) is 5.11. The van der Waals surface area contributed by atoms with Gasteiger partial charge in [0, 0.05) is 11.4 Å². The first-order valence-electron chi connectivity index (χ1n) is 7.00. The number of thiophene rings is 1. The molecule has 3 N–H and O–H groups in total. The van der Waals surface area contributed by atoms with Gasteiger partial charge < -0.3 is 20.2 Å². The summed E-state index contributed by atoms with van der Waals surface area (Å²) in [5.74, 6) is 1.21. The monoisotopic (exact) mass is 307 g/mol. The zero-order valence-corrected chi connectivity index (χ0v) is 13.1. The molecule has 0 aliphatic carbocycles. The molecule has 2 atom stereocenters. The van der Waals surface area contributed by atoms with Crippen LogP contribution in [0.15, 0.2) is 45.3 Å². The lowest BCUT2D eigenvalue weighted by Gasteiger charge is -2.17. The van der Waals surface area contributed by atoms with Gasteiger partial charge in [0.2, 0.25) is 0 Å². The molecule has 2 unspecified atom stereocenters. The Morgan fingerprint density at radius 1 is 1.43 bits per heavy atom. The predicted octanol–water partition coefficient (Wildman–Crippen LogP) is 2.69. The largest absolute Gasteiger partial charge is 0.467 e. The van der Waals surface area contributed by atoms with Crippen LogP contribution in [0.5, 0.6) is 0 Å². The smallest absolute Gasteiger partial charge is 0.191 e. The number of aliphatic imine (C=N–C) groups is 1. The third-order valence-corrected chi connectivity index (χ3v) is 4.02. The van der Waals surface area contributed by atoms with Crippen LogP contribution in [-0.4, -0.2) is 24.2 Å². The van der Waals surface area contributed by atoms with E-state index >= 15 is 0 Å². The summed E-state index contributed by atoms with van der Waals surface area (Å²) in [4.78, 5) is 5.65. The van der Waals surface area contributed by atoms with Gasteiger partial charge in [-0.1, -0.05) is 6.07 Å². The van der Waals surface area contributed by atoms with Gasteiger partial charge in [-0.15, -0.1) is 11.3 Å². The zero-order chi connectivity index (χ0) is 15.1. The molecule has 2 heterocycles. The fourth-order valence-corrected chi connectivity index (χ4v) is 2.62. The van der Waals surface area contributed by atoms with Gasteiger partial charge in [0.15, 0.2) is 5.96 Å². The molecule has 2 rings (SSSR count). The van der Waals surface area contributed by atoms with Gasteiger partial charge in [-0.05, 0) is 37.4 Å². The Labute approximate surface area is 128 Å². The average Bonchev–Trinajstić information content (AvgIpc) is 3.16. The molecule has 2 aromatic heterocycles. The number of nitrogens with zero attached hydrogens (tertiary/aromatic N) is 1. The molecule has 0 aromatic carbocycles. The van der Waals surface area contributed by atoms with Crippen molar-refractivity contribution < 1.29 is 9.52 Å². The Kier molecular flexibility index (Phi) is 5.83. The normalized spacial score (nSPS) is 14.7. The van der Waals surface area contributed by atoms with Gasteiger partial charge in [0.05, 0.1) is 18.8 Å². The maximum absolute atomic E-state index is 9.99. The van der Waals surface area contributed by atoms with Crippen molar-refractivity contribution in [1.82, 2.24) is 10.6 Å². The predicted molar refractivity (Wildman–Crippen MR) is 85.5 cm³/mol. The van der Waals surface area contributed by atoms with E-state index in [1.54, 1.807) is 29.7 Å². The summed E-state index contributed by atoms with van der Waals surface area (Å²) >= 11 is 1.70. The lowest BCUT2D eigenvalue weighted by Crippen LogP contribution is -2.38. The summed E-state index contributed by atoms with van der Waals surface area (Å²) < 4.78 is 5.17. The molecule has 0 bridgehead atoms. The Balaban J connectivity index is 1.95. The summed E-state index contributed by atoms with van der Waals surface area (Å²) in [6.07, 6.45) is 0.817. The molecule has 0 aliphatic rings. The lowest BCUT2D eigenvalue weighted by atomic mass is 10.3. The number of nitrogens with one attached hydrogen (secondary N) is 2. The lowest BCUT2D eigenvalue weighted by molar-refractivity contribution is 0.158. The van der Waals surface area contributed by atoms with Crippen molar-refractivity contribution >= 4 is 17.3 Å². The standard InChI is InChI=1S/C15H21N3O2S/c1-3-16-15(18-11(2)14-7-5-9-21-14)17-10-12(19)13-6-4-8-20-13/h4-9,11-12,19H,3,10H2,1-2H3,(H2,16,17,18). The van der Waals surface area contributed by atoms with Crippen LogP contribution in [0.3, 0.4) is 0 Å². The fraction of sp³-hybridized carbons (Fsp3) is 0.400. The van der Waals surface area contributed by atoms with Crippen LogP contribution in [0, 0.1) is 0 Å². The SMILES string of the molecule is CCNC(=NCC(O)c1ccco1)NC(C)c1cccs1. The van der Waals surface area contributed by atoms with Crippen LogP contribution in [0.4, 0.5) is 0 Å². The molecule has 6 heteroatoms. The van der Waals surface area contributed by atoms with Crippen molar-refractivity contribution in [3.63, 3.8) is 0 Å². The maximum atomic E-state index is 9.99. The number of hydrogen-bond acceptors (Lipinski definition) is 4. The minimum atomic E-state index is -0.729. The van der Waals surface area contributed by atoms with Crippen molar-refractivity contribution in [2.45, 2.75) is 26.0 Å². The quantitative estimate of drug-likeness (QED) is 0.567. The Morgan fingerprint density at radius 2 is 2.29 bits per heavy atom. The van der Waals surface area contributed by atoms with Gasteiger partial charge >= 0.3 is 0 Å². The fourth-order valence-electron chi connectivity index (χ4n) is 1.88. The van der Waals surface area contributed by atoms with E-state index in [0.717, 1.165) is 6.54 Å². The van der Waals surface area contributed by atoms with Crippen LogP contribution in [0.1, 0.15) is 36.6 Å². The number of furan rings is 1. The maximum Gasteiger partial charge on any atom is 0.191 e. The molecular formula is C15H21N3O2S. The molecule has 2 aromatic rings. The van der Waals surface area contributed by atoms with Gasteiger partial charge in [0.25, 0.3) is 0 Å². The van der Waals surface area contributed by atoms with Crippen LogP contribution in [0.2, 0.25) is 0 Å². The molecule has 0 spiro atoms. The molecule has 5 nitrogen and oxygen atoms in total. The van der Waals surface area contributed by atoms with Crippen LogP contribution in [-0.2, 0) is 0 Å². The van der Waals surface area contributed by atoms with E-state index in [0.29, 0.717) is 11.7 Å². The van der Waals surface area contributed by atoms with Crippen molar-refractivity contribution in [2.24, 2.45) is 4.99 Å². The van der Waals surface area contributed by atoms with E-state index in [-0.39, 0.29) is 12.6 Å². The van der Waals surface area contributed by atoms with Crippen LogP contribution < -0.4 is 10.6 Å². The van der Waals surface area contributed by atoms with E-state index in [4.69, 9.17) is 4.42 Å². The third-order valence-electron chi connectivity index (χ3n) is 2.96. The Hall–Kier alpha value is -1.79.